The van der Waals surface area contributed by atoms with Crippen molar-refractivity contribution in [3.63, 3.8) is 0 Å². The van der Waals surface area contributed by atoms with Crippen LogP contribution in [0.3, 0.4) is 0 Å². The summed E-state index contributed by atoms with van der Waals surface area (Å²) in [6, 6.07) is 10.0. The van der Waals surface area contributed by atoms with Gasteiger partial charge in [-0.1, -0.05) is 30.0 Å². The van der Waals surface area contributed by atoms with E-state index in [0.717, 1.165) is 10.5 Å². The summed E-state index contributed by atoms with van der Waals surface area (Å²) >= 11 is 1.42. The molecule has 0 spiro atoms. The van der Waals surface area contributed by atoms with Gasteiger partial charge in [0.05, 0.1) is 0 Å². The predicted molar refractivity (Wildman–Crippen MR) is 59.5 cm³/mol. The molecule has 0 bridgehead atoms. The van der Waals surface area contributed by atoms with E-state index in [1.165, 1.54) is 11.8 Å². The van der Waals surface area contributed by atoms with Gasteiger partial charge in [0.25, 0.3) is 0 Å². The Kier molecular flexibility index (Phi) is 3.61. The zero-order valence-corrected chi connectivity index (χ0v) is 9.06. The molecule has 0 atom stereocenters. The summed E-state index contributed by atoms with van der Waals surface area (Å²) in [5.41, 5.74) is 7.31. The molecule has 0 unspecified atom stereocenters. The lowest BCUT2D eigenvalue weighted by atomic mass is 10.2. The number of nitrogens with two attached hydrogens (primary N) is 1. The fourth-order valence-corrected chi connectivity index (χ4v) is 1.77. The largest absolute Gasteiger partial charge is 0.401 e. The minimum Gasteiger partial charge on any atom is -0.401 e. The van der Waals surface area contributed by atoms with Gasteiger partial charge in [-0.15, -0.1) is 0 Å². The SMILES string of the molecule is C/C(N)=C(\C#N)Sc1ccccc1C. The molecule has 2 N–H and O–H groups in total. The molecule has 0 heterocycles. The number of nitrogens with zero attached hydrogens (tertiary/aromatic N) is 1. The van der Waals surface area contributed by atoms with E-state index in [-0.39, 0.29) is 0 Å². The fourth-order valence-electron chi connectivity index (χ4n) is 0.972. The first-order valence-electron chi connectivity index (χ1n) is 4.25. The third kappa shape index (κ3) is 2.54. The summed E-state index contributed by atoms with van der Waals surface area (Å²) < 4.78 is 0. The van der Waals surface area contributed by atoms with Crippen molar-refractivity contribution in [1.29, 1.82) is 5.26 Å². The zero-order chi connectivity index (χ0) is 10.6. The highest BCUT2D eigenvalue weighted by Gasteiger charge is 2.04. The van der Waals surface area contributed by atoms with Crippen molar-refractivity contribution in [3.05, 3.63) is 40.4 Å². The first kappa shape index (κ1) is 10.7. The van der Waals surface area contributed by atoms with Crippen LogP contribution in [-0.4, -0.2) is 0 Å². The lowest BCUT2D eigenvalue weighted by molar-refractivity contribution is 1.28. The topological polar surface area (TPSA) is 49.8 Å². The van der Waals surface area contributed by atoms with Crippen LogP contribution in [0.15, 0.2) is 39.8 Å². The van der Waals surface area contributed by atoms with E-state index in [0.29, 0.717) is 10.6 Å². The second kappa shape index (κ2) is 4.73. The van der Waals surface area contributed by atoms with Crippen molar-refractivity contribution in [3.8, 4) is 6.07 Å². The molecule has 0 aliphatic carbocycles. The first-order chi connectivity index (χ1) is 6.65. The van der Waals surface area contributed by atoms with Gasteiger partial charge in [-0.25, -0.2) is 0 Å². The van der Waals surface area contributed by atoms with E-state index in [4.69, 9.17) is 11.0 Å². The van der Waals surface area contributed by atoms with Crippen molar-refractivity contribution in [1.82, 2.24) is 0 Å². The minimum atomic E-state index is 0.569. The molecule has 0 saturated heterocycles. The van der Waals surface area contributed by atoms with Crippen LogP contribution in [0.2, 0.25) is 0 Å². The van der Waals surface area contributed by atoms with Gasteiger partial charge >= 0.3 is 0 Å². The van der Waals surface area contributed by atoms with Gasteiger partial charge in [-0.2, -0.15) is 5.26 Å². The second-order valence-corrected chi connectivity index (χ2v) is 4.04. The molecule has 1 aromatic rings. The highest BCUT2D eigenvalue weighted by atomic mass is 32.2. The van der Waals surface area contributed by atoms with Crippen LogP contribution in [0, 0.1) is 18.3 Å². The van der Waals surface area contributed by atoms with E-state index in [1.54, 1.807) is 6.92 Å². The lowest BCUT2D eigenvalue weighted by Gasteiger charge is -2.04. The molecule has 1 aromatic carbocycles. The molecular weight excluding hydrogens is 192 g/mol. The predicted octanol–water partition coefficient (Wildman–Crippen LogP) is 2.80. The Labute approximate surface area is 88.4 Å². The first-order valence-corrected chi connectivity index (χ1v) is 5.06. The van der Waals surface area contributed by atoms with Crippen molar-refractivity contribution in [2.24, 2.45) is 5.73 Å². The van der Waals surface area contributed by atoms with Gasteiger partial charge in [0.1, 0.15) is 11.0 Å². The number of aryl methyl sites for hydroxylation is 1. The maximum atomic E-state index is 8.84. The molecule has 14 heavy (non-hydrogen) atoms. The average molecular weight is 204 g/mol. The Morgan fingerprint density at radius 3 is 2.57 bits per heavy atom. The van der Waals surface area contributed by atoms with E-state index < -0.39 is 0 Å². The van der Waals surface area contributed by atoms with Crippen LogP contribution in [0.5, 0.6) is 0 Å². The van der Waals surface area contributed by atoms with Gasteiger partial charge in [-0.05, 0) is 25.5 Å². The maximum Gasteiger partial charge on any atom is 0.108 e. The van der Waals surface area contributed by atoms with E-state index in [9.17, 15) is 0 Å². The third-order valence-corrected chi connectivity index (χ3v) is 3.06. The molecular formula is C11H12N2S. The zero-order valence-electron chi connectivity index (χ0n) is 8.24. The third-order valence-electron chi connectivity index (χ3n) is 1.77. The summed E-state index contributed by atoms with van der Waals surface area (Å²) in [5.74, 6) is 0. The average Bonchev–Trinajstić information content (AvgIpc) is 2.16. The molecule has 0 aromatic heterocycles. The summed E-state index contributed by atoms with van der Waals surface area (Å²) in [5, 5.41) is 8.84. The van der Waals surface area contributed by atoms with Crippen LogP contribution in [0.25, 0.3) is 0 Å². The second-order valence-electron chi connectivity index (χ2n) is 2.99. The van der Waals surface area contributed by atoms with Gasteiger partial charge in [0, 0.05) is 10.6 Å². The molecule has 0 aliphatic heterocycles. The normalized spacial score (nSPS) is 11.8. The van der Waals surface area contributed by atoms with Crippen LogP contribution >= 0.6 is 11.8 Å². The molecule has 3 heteroatoms. The molecule has 0 aliphatic rings. The van der Waals surface area contributed by atoms with Crippen molar-refractivity contribution in [2.75, 3.05) is 0 Å². The van der Waals surface area contributed by atoms with Crippen LogP contribution in [0.4, 0.5) is 0 Å². The summed E-state index contributed by atoms with van der Waals surface area (Å²) in [6.45, 7) is 3.76. The Morgan fingerprint density at radius 1 is 1.43 bits per heavy atom. The highest BCUT2D eigenvalue weighted by molar-refractivity contribution is 8.03. The molecule has 2 nitrogen and oxygen atoms in total. The number of rotatable bonds is 2. The molecule has 72 valence electrons. The minimum absolute atomic E-state index is 0.569. The standard InChI is InChI=1S/C11H12N2S/c1-8-5-3-4-6-10(8)14-11(7-12)9(2)13/h3-6H,13H2,1-2H3/b11-9-. The number of hydrogen-bond acceptors (Lipinski definition) is 3. The van der Waals surface area contributed by atoms with Crippen LogP contribution in [-0.2, 0) is 0 Å². The summed E-state index contributed by atoms with van der Waals surface area (Å²) in [4.78, 5) is 1.65. The van der Waals surface area contributed by atoms with Crippen molar-refractivity contribution >= 4 is 11.8 Å². The highest BCUT2D eigenvalue weighted by Crippen LogP contribution is 2.29. The smallest absolute Gasteiger partial charge is 0.108 e. The van der Waals surface area contributed by atoms with Gasteiger partial charge in [-0.3, -0.25) is 0 Å². The van der Waals surface area contributed by atoms with Crippen molar-refractivity contribution in [2.45, 2.75) is 18.7 Å². The number of allylic oxidation sites excluding steroid dienone is 2. The van der Waals surface area contributed by atoms with Crippen LogP contribution in [0.1, 0.15) is 12.5 Å². The number of thioether (sulfide) groups is 1. The van der Waals surface area contributed by atoms with Gasteiger partial charge < -0.3 is 5.73 Å². The summed E-state index contributed by atoms with van der Waals surface area (Å²) in [7, 11) is 0. The lowest BCUT2D eigenvalue weighted by Crippen LogP contribution is -1.94. The molecule has 0 radical (unpaired) electrons. The maximum absolute atomic E-state index is 8.84. The molecule has 0 amide bonds. The van der Waals surface area contributed by atoms with Gasteiger partial charge in [0.15, 0.2) is 0 Å². The molecule has 0 fully saturated rings. The number of benzene rings is 1. The summed E-state index contributed by atoms with van der Waals surface area (Å²) in [6.07, 6.45) is 0. The van der Waals surface area contributed by atoms with E-state index >= 15 is 0 Å². The number of nitriles is 1. The van der Waals surface area contributed by atoms with E-state index in [2.05, 4.69) is 6.07 Å². The quantitative estimate of drug-likeness (QED) is 0.595. The molecule has 0 saturated carbocycles. The Bertz CT molecular complexity index is 398. The fraction of sp³-hybridized carbons (Fsp3) is 0.182. The van der Waals surface area contributed by atoms with E-state index in [1.807, 2.05) is 31.2 Å². The van der Waals surface area contributed by atoms with Crippen molar-refractivity contribution < 1.29 is 0 Å². The molecule has 1 rings (SSSR count). The Balaban J connectivity index is 2.96. The number of hydrogen-bond donors (Lipinski definition) is 1. The Hall–Kier alpha value is -1.40. The van der Waals surface area contributed by atoms with Gasteiger partial charge in [0.2, 0.25) is 0 Å². The monoisotopic (exact) mass is 204 g/mol. The van der Waals surface area contributed by atoms with Crippen LogP contribution < -0.4 is 5.73 Å². The Morgan fingerprint density at radius 2 is 2.07 bits per heavy atom.